The summed E-state index contributed by atoms with van der Waals surface area (Å²) in [6, 6.07) is -0.0809. The van der Waals surface area contributed by atoms with E-state index in [1.54, 1.807) is 22.4 Å². The molecule has 0 bridgehead atoms. The van der Waals surface area contributed by atoms with Crippen molar-refractivity contribution in [3.05, 3.63) is 16.1 Å². The Morgan fingerprint density at radius 3 is 2.73 bits per heavy atom. The highest BCUT2D eigenvalue weighted by molar-refractivity contribution is 7.11. The molecule has 0 radical (unpaired) electrons. The predicted molar refractivity (Wildman–Crippen MR) is 56.6 cm³/mol. The Hall–Kier alpha value is -1.23. The Morgan fingerprint density at radius 2 is 2.27 bits per heavy atom. The van der Waals surface area contributed by atoms with Crippen molar-refractivity contribution in [1.29, 1.82) is 0 Å². The first-order valence-corrected chi connectivity index (χ1v) is 5.67. The van der Waals surface area contributed by atoms with E-state index < -0.39 is 0 Å². The van der Waals surface area contributed by atoms with Crippen LogP contribution in [0, 0.1) is 6.92 Å². The molecule has 0 spiro atoms. The van der Waals surface area contributed by atoms with Gasteiger partial charge in [0.25, 0.3) is 5.91 Å². The van der Waals surface area contributed by atoms with Gasteiger partial charge >= 0.3 is 0 Å². The summed E-state index contributed by atoms with van der Waals surface area (Å²) < 4.78 is 0. The Labute approximate surface area is 91.9 Å². The summed E-state index contributed by atoms with van der Waals surface area (Å²) in [5.74, 6) is -0.648. The van der Waals surface area contributed by atoms with Crippen molar-refractivity contribution < 1.29 is 9.59 Å². The molecule has 1 aliphatic rings. The number of hydrogen-bond donors (Lipinski definition) is 0. The number of aryl methyl sites for hydroxylation is 1. The summed E-state index contributed by atoms with van der Waals surface area (Å²) in [5, 5.41) is 0.899. The lowest BCUT2D eigenvalue weighted by Gasteiger charge is -2.20. The van der Waals surface area contributed by atoms with Crippen LogP contribution in [0.3, 0.4) is 0 Å². The SMILES string of the molecule is Cc1cnc(C(C)N2CCC(=O)C2=O)s1. The highest BCUT2D eigenvalue weighted by Gasteiger charge is 2.33. The van der Waals surface area contributed by atoms with Crippen molar-refractivity contribution in [3.63, 3.8) is 0 Å². The predicted octanol–water partition coefficient (Wildman–Crippen LogP) is 1.31. The van der Waals surface area contributed by atoms with Gasteiger partial charge in [0, 0.05) is 24.0 Å². The smallest absolute Gasteiger partial charge is 0.290 e. The molecular weight excluding hydrogens is 212 g/mol. The van der Waals surface area contributed by atoms with Gasteiger partial charge in [-0.1, -0.05) is 0 Å². The molecule has 5 heteroatoms. The summed E-state index contributed by atoms with van der Waals surface area (Å²) >= 11 is 1.57. The van der Waals surface area contributed by atoms with Crippen molar-refractivity contribution in [1.82, 2.24) is 9.88 Å². The van der Waals surface area contributed by atoms with Gasteiger partial charge in [0.2, 0.25) is 5.78 Å². The van der Waals surface area contributed by atoms with E-state index in [1.165, 1.54) is 0 Å². The maximum atomic E-state index is 11.5. The number of rotatable bonds is 2. The van der Waals surface area contributed by atoms with Crippen LogP contribution < -0.4 is 0 Å². The number of thiazole rings is 1. The summed E-state index contributed by atoms with van der Waals surface area (Å²) in [6.07, 6.45) is 2.13. The van der Waals surface area contributed by atoms with Gasteiger partial charge in [0.15, 0.2) is 0 Å². The lowest BCUT2D eigenvalue weighted by molar-refractivity contribution is -0.141. The normalized spacial score (nSPS) is 18.7. The van der Waals surface area contributed by atoms with Crippen LogP contribution in [0.15, 0.2) is 6.20 Å². The minimum absolute atomic E-state index is 0.0809. The van der Waals surface area contributed by atoms with Gasteiger partial charge in [0.05, 0.1) is 6.04 Å². The van der Waals surface area contributed by atoms with E-state index >= 15 is 0 Å². The van der Waals surface area contributed by atoms with Gasteiger partial charge in [-0.15, -0.1) is 11.3 Å². The molecule has 1 aliphatic heterocycles. The van der Waals surface area contributed by atoms with Crippen molar-refractivity contribution in [2.75, 3.05) is 6.54 Å². The molecule has 0 aliphatic carbocycles. The second kappa shape index (κ2) is 3.73. The molecule has 2 rings (SSSR count). The average molecular weight is 224 g/mol. The van der Waals surface area contributed by atoms with Gasteiger partial charge < -0.3 is 4.90 Å². The third-order valence-electron chi connectivity index (χ3n) is 2.54. The van der Waals surface area contributed by atoms with E-state index in [2.05, 4.69) is 4.98 Å². The monoisotopic (exact) mass is 224 g/mol. The summed E-state index contributed by atoms with van der Waals surface area (Å²) in [4.78, 5) is 29.5. The molecule has 4 nitrogen and oxygen atoms in total. The first-order valence-electron chi connectivity index (χ1n) is 4.85. The van der Waals surface area contributed by atoms with Crippen LogP contribution in [0.5, 0.6) is 0 Å². The van der Waals surface area contributed by atoms with Crippen LogP contribution in [-0.4, -0.2) is 28.1 Å². The van der Waals surface area contributed by atoms with E-state index in [9.17, 15) is 9.59 Å². The van der Waals surface area contributed by atoms with Gasteiger partial charge in [-0.05, 0) is 13.8 Å². The van der Waals surface area contributed by atoms with Crippen LogP contribution in [-0.2, 0) is 9.59 Å². The second-order valence-corrected chi connectivity index (χ2v) is 4.92. The lowest BCUT2D eigenvalue weighted by Crippen LogP contribution is -2.30. The molecule has 1 fully saturated rings. The summed E-state index contributed by atoms with van der Waals surface area (Å²) in [6.45, 7) is 4.41. The lowest BCUT2D eigenvalue weighted by atomic mass is 10.3. The Kier molecular flexibility index (Phi) is 2.56. The molecule has 80 valence electrons. The zero-order valence-corrected chi connectivity index (χ0v) is 9.50. The van der Waals surface area contributed by atoms with Crippen molar-refractivity contribution in [2.24, 2.45) is 0 Å². The van der Waals surface area contributed by atoms with Crippen molar-refractivity contribution in [3.8, 4) is 0 Å². The zero-order chi connectivity index (χ0) is 11.0. The fourth-order valence-corrected chi connectivity index (χ4v) is 2.50. The molecule has 0 saturated carbocycles. The molecule has 1 amide bonds. The first kappa shape index (κ1) is 10.3. The maximum absolute atomic E-state index is 11.5. The molecule has 15 heavy (non-hydrogen) atoms. The number of aromatic nitrogens is 1. The van der Waals surface area contributed by atoms with Gasteiger partial charge in [-0.25, -0.2) is 4.98 Å². The first-order chi connectivity index (χ1) is 7.09. The average Bonchev–Trinajstić information content (AvgIpc) is 2.75. The quantitative estimate of drug-likeness (QED) is 0.712. The van der Waals surface area contributed by atoms with Crippen LogP contribution >= 0.6 is 11.3 Å². The second-order valence-electron chi connectivity index (χ2n) is 3.66. The molecule has 1 aromatic heterocycles. The van der Waals surface area contributed by atoms with E-state index in [0.717, 1.165) is 9.88 Å². The fraction of sp³-hybridized carbons (Fsp3) is 0.500. The van der Waals surface area contributed by atoms with E-state index in [-0.39, 0.29) is 17.7 Å². The minimum atomic E-state index is -0.365. The van der Waals surface area contributed by atoms with E-state index in [1.807, 2.05) is 13.8 Å². The van der Waals surface area contributed by atoms with Crippen LogP contribution in [0.25, 0.3) is 0 Å². The molecule has 0 N–H and O–H groups in total. The Bertz CT molecular complexity index is 413. The Morgan fingerprint density at radius 1 is 1.53 bits per heavy atom. The van der Waals surface area contributed by atoms with Gasteiger partial charge in [0.1, 0.15) is 5.01 Å². The molecule has 1 unspecified atom stereocenters. The fourth-order valence-electron chi connectivity index (χ4n) is 1.66. The number of amides is 1. The Balaban J connectivity index is 2.18. The third kappa shape index (κ3) is 1.79. The topological polar surface area (TPSA) is 50.3 Å². The highest BCUT2D eigenvalue weighted by atomic mass is 32.1. The molecule has 1 saturated heterocycles. The van der Waals surface area contributed by atoms with Crippen LogP contribution in [0.1, 0.15) is 29.3 Å². The number of nitrogens with zero attached hydrogens (tertiary/aromatic N) is 2. The van der Waals surface area contributed by atoms with Crippen molar-refractivity contribution in [2.45, 2.75) is 26.3 Å². The molecule has 1 aromatic rings. The minimum Gasteiger partial charge on any atom is -0.326 e. The number of carbonyl (C=O) groups excluding carboxylic acids is 2. The molecule has 0 aromatic carbocycles. The number of ketones is 1. The van der Waals surface area contributed by atoms with E-state index in [0.29, 0.717) is 13.0 Å². The molecule has 1 atom stereocenters. The highest BCUT2D eigenvalue weighted by Crippen LogP contribution is 2.27. The third-order valence-corrected chi connectivity index (χ3v) is 3.63. The zero-order valence-electron chi connectivity index (χ0n) is 8.69. The summed E-state index contributed by atoms with van der Waals surface area (Å²) in [5.41, 5.74) is 0. The van der Waals surface area contributed by atoms with E-state index in [4.69, 9.17) is 0 Å². The summed E-state index contributed by atoms with van der Waals surface area (Å²) in [7, 11) is 0. The molecule has 2 heterocycles. The number of likely N-dealkylation sites (tertiary alicyclic amines) is 1. The molecular formula is C10H12N2O2S. The standard InChI is InChI=1S/C10H12N2O2S/c1-6-5-11-9(15-6)7(2)12-4-3-8(13)10(12)14/h5,7H,3-4H2,1-2H3. The maximum Gasteiger partial charge on any atom is 0.290 e. The van der Waals surface area contributed by atoms with Crippen molar-refractivity contribution >= 4 is 23.0 Å². The van der Waals surface area contributed by atoms with Gasteiger partial charge in [-0.3, -0.25) is 9.59 Å². The number of hydrogen-bond acceptors (Lipinski definition) is 4. The van der Waals surface area contributed by atoms with Crippen LogP contribution in [0.4, 0.5) is 0 Å². The number of carbonyl (C=O) groups is 2. The van der Waals surface area contributed by atoms with Gasteiger partial charge in [-0.2, -0.15) is 0 Å². The largest absolute Gasteiger partial charge is 0.326 e. The van der Waals surface area contributed by atoms with Crippen LogP contribution in [0.2, 0.25) is 0 Å². The number of Topliss-reactive ketones (excluding diaryl/α,β-unsaturated/α-hetero) is 1.